The summed E-state index contributed by atoms with van der Waals surface area (Å²) in [6.07, 6.45) is 1.35. The van der Waals surface area contributed by atoms with E-state index in [9.17, 15) is 4.79 Å². The van der Waals surface area contributed by atoms with E-state index in [1.54, 1.807) is 0 Å². The molecule has 0 spiro atoms. The van der Waals surface area contributed by atoms with Gasteiger partial charge in [0.2, 0.25) is 0 Å². The molecular weight excluding hydrogens is 222 g/mol. The molecule has 0 saturated heterocycles. The Morgan fingerprint density at radius 3 is 2.71 bits per heavy atom. The van der Waals surface area contributed by atoms with Gasteiger partial charge in [-0.2, -0.15) is 0 Å². The van der Waals surface area contributed by atoms with Gasteiger partial charge in [-0.25, -0.2) is 4.79 Å². The number of anilines is 1. The minimum atomic E-state index is -0.814. The summed E-state index contributed by atoms with van der Waals surface area (Å²) in [4.78, 5) is 10.9. The molecule has 0 aromatic heterocycles. The second-order valence-corrected chi connectivity index (χ2v) is 4.23. The Morgan fingerprint density at radius 1 is 1.29 bits per heavy atom. The van der Waals surface area contributed by atoms with Crippen molar-refractivity contribution in [2.24, 2.45) is 0 Å². The number of rotatable bonds is 1. The molecule has 2 heterocycles. The number of aryl methyl sites for hydroxylation is 1. The van der Waals surface area contributed by atoms with Gasteiger partial charge >= 0.3 is 5.97 Å². The average Bonchev–Trinajstić information content (AvgIpc) is 2.35. The third-order valence-corrected chi connectivity index (χ3v) is 3.10. The summed E-state index contributed by atoms with van der Waals surface area (Å²) in [6.45, 7) is 1.10. The summed E-state index contributed by atoms with van der Waals surface area (Å²) in [5.74, 6) is 0.629. The molecule has 0 amide bonds. The first-order valence-corrected chi connectivity index (χ1v) is 5.66. The lowest BCUT2D eigenvalue weighted by Gasteiger charge is -2.27. The van der Waals surface area contributed by atoms with E-state index < -0.39 is 12.0 Å². The van der Waals surface area contributed by atoms with E-state index in [-0.39, 0.29) is 0 Å². The van der Waals surface area contributed by atoms with Crippen LogP contribution in [0.15, 0.2) is 12.1 Å². The first-order valence-electron chi connectivity index (χ1n) is 5.66. The molecule has 2 N–H and O–H groups in total. The van der Waals surface area contributed by atoms with Crippen LogP contribution in [-0.2, 0) is 11.2 Å². The molecule has 90 valence electrons. The van der Waals surface area contributed by atoms with Crippen LogP contribution in [0.5, 0.6) is 11.5 Å². The van der Waals surface area contributed by atoms with Gasteiger partial charge < -0.3 is 19.9 Å². The summed E-state index contributed by atoms with van der Waals surface area (Å²) in [6, 6.07) is 3.26. The Labute approximate surface area is 98.3 Å². The minimum absolute atomic E-state index is 0.509. The minimum Gasteiger partial charge on any atom is -0.486 e. The number of carboxylic acid groups (broad SMARTS) is 1. The van der Waals surface area contributed by atoms with Gasteiger partial charge in [0, 0.05) is 11.8 Å². The summed E-state index contributed by atoms with van der Waals surface area (Å²) < 4.78 is 11.0. The fourth-order valence-electron chi connectivity index (χ4n) is 2.22. The van der Waals surface area contributed by atoms with Crippen molar-refractivity contribution in [3.63, 3.8) is 0 Å². The second kappa shape index (κ2) is 3.84. The molecule has 5 heteroatoms. The van der Waals surface area contributed by atoms with Crippen molar-refractivity contribution >= 4 is 11.7 Å². The molecule has 1 unspecified atom stereocenters. The Bertz CT molecular complexity index is 472. The van der Waals surface area contributed by atoms with Gasteiger partial charge in [-0.3, -0.25) is 0 Å². The lowest BCUT2D eigenvalue weighted by molar-refractivity contribution is -0.138. The van der Waals surface area contributed by atoms with Crippen LogP contribution in [0, 0.1) is 0 Å². The lowest BCUT2D eigenvalue weighted by atomic mass is 9.97. The third kappa shape index (κ3) is 1.77. The molecule has 17 heavy (non-hydrogen) atoms. The van der Waals surface area contributed by atoms with Gasteiger partial charge in [0.05, 0.1) is 0 Å². The molecule has 5 nitrogen and oxygen atoms in total. The van der Waals surface area contributed by atoms with Gasteiger partial charge in [-0.1, -0.05) is 0 Å². The number of carbonyl (C=O) groups is 1. The standard InChI is InChI=1S/C12H13NO4/c14-12(15)8-2-1-7-5-10-11(6-9(7)13-8)17-4-3-16-10/h5-6,8,13H,1-4H2,(H,14,15). The van der Waals surface area contributed by atoms with Gasteiger partial charge in [-0.15, -0.1) is 0 Å². The fourth-order valence-corrected chi connectivity index (χ4v) is 2.22. The fraction of sp³-hybridized carbons (Fsp3) is 0.417. The van der Waals surface area contributed by atoms with Crippen molar-refractivity contribution in [3.8, 4) is 11.5 Å². The normalized spacial score (nSPS) is 21.3. The Morgan fingerprint density at radius 2 is 2.00 bits per heavy atom. The van der Waals surface area contributed by atoms with Crippen LogP contribution in [0.1, 0.15) is 12.0 Å². The van der Waals surface area contributed by atoms with Crippen LogP contribution in [-0.4, -0.2) is 30.3 Å². The molecule has 3 rings (SSSR count). The van der Waals surface area contributed by atoms with Crippen LogP contribution in [0.3, 0.4) is 0 Å². The van der Waals surface area contributed by atoms with Gasteiger partial charge in [0.15, 0.2) is 11.5 Å². The Hall–Kier alpha value is -1.91. The zero-order chi connectivity index (χ0) is 11.8. The highest BCUT2D eigenvalue weighted by Crippen LogP contribution is 2.38. The van der Waals surface area contributed by atoms with Crippen molar-refractivity contribution in [2.45, 2.75) is 18.9 Å². The van der Waals surface area contributed by atoms with Crippen LogP contribution in [0.2, 0.25) is 0 Å². The highest BCUT2D eigenvalue weighted by molar-refractivity contribution is 5.79. The molecule has 2 aliphatic rings. The number of nitrogens with one attached hydrogen (secondary N) is 1. The molecule has 1 aromatic rings. The quantitative estimate of drug-likeness (QED) is 0.767. The highest BCUT2D eigenvalue weighted by atomic mass is 16.6. The van der Waals surface area contributed by atoms with Crippen molar-refractivity contribution in [3.05, 3.63) is 17.7 Å². The van der Waals surface area contributed by atoms with E-state index in [2.05, 4.69) is 5.32 Å². The van der Waals surface area contributed by atoms with Crippen molar-refractivity contribution < 1.29 is 19.4 Å². The maximum absolute atomic E-state index is 10.9. The second-order valence-electron chi connectivity index (χ2n) is 4.23. The molecular formula is C12H13NO4. The number of aliphatic carboxylic acids is 1. The smallest absolute Gasteiger partial charge is 0.326 e. The summed E-state index contributed by atoms with van der Waals surface area (Å²) >= 11 is 0. The van der Waals surface area contributed by atoms with Crippen LogP contribution < -0.4 is 14.8 Å². The topological polar surface area (TPSA) is 67.8 Å². The highest BCUT2D eigenvalue weighted by Gasteiger charge is 2.25. The van der Waals surface area contributed by atoms with E-state index in [0.717, 1.165) is 23.4 Å². The molecule has 1 aromatic carbocycles. The van der Waals surface area contributed by atoms with E-state index in [4.69, 9.17) is 14.6 Å². The first-order chi connectivity index (χ1) is 8.24. The molecule has 0 radical (unpaired) electrons. The van der Waals surface area contributed by atoms with Gasteiger partial charge in [-0.05, 0) is 24.5 Å². The number of hydrogen-bond acceptors (Lipinski definition) is 4. The molecule has 0 bridgehead atoms. The van der Waals surface area contributed by atoms with Crippen molar-refractivity contribution in [2.75, 3.05) is 18.5 Å². The summed E-state index contributed by atoms with van der Waals surface area (Å²) in [7, 11) is 0. The van der Waals surface area contributed by atoms with E-state index >= 15 is 0 Å². The summed E-state index contributed by atoms with van der Waals surface area (Å²) in [5, 5.41) is 12.0. The maximum atomic E-state index is 10.9. The number of benzene rings is 1. The average molecular weight is 235 g/mol. The predicted molar refractivity (Wildman–Crippen MR) is 60.8 cm³/mol. The molecule has 0 aliphatic carbocycles. The van der Waals surface area contributed by atoms with E-state index in [1.807, 2.05) is 12.1 Å². The maximum Gasteiger partial charge on any atom is 0.326 e. The summed E-state index contributed by atoms with van der Waals surface area (Å²) in [5.41, 5.74) is 1.93. The van der Waals surface area contributed by atoms with Crippen molar-refractivity contribution in [1.29, 1.82) is 0 Å². The van der Waals surface area contributed by atoms with Crippen LogP contribution >= 0.6 is 0 Å². The largest absolute Gasteiger partial charge is 0.486 e. The van der Waals surface area contributed by atoms with Gasteiger partial charge in [0.25, 0.3) is 0 Å². The SMILES string of the molecule is O=C(O)C1CCc2cc3c(cc2N1)OCCO3. The number of ether oxygens (including phenoxy) is 2. The molecule has 0 saturated carbocycles. The van der Waals surface area contributed by atoms with Gasteiger partial charge in [0.1, 0.15) is 19.3 Å². The molecule has 0 fully saturated rings. The zero-order valence-electron chi connectivity index (χ0n) is 9.23. The lowest BCUT2D eigenvalue weighted by Crippen LogP contribution is -2.33. The van der Waals surface area contributed by atoms with E-state index in [1.165, 1.54) is 0 Å². The van der Waals surface area contributed by atoms with Crippen molar-refractivity contribution in [1.82, 2.24) is 0 Å². The molecule has 2 aliphatic heterocycles. The monoisotopic (exact) mass is 235 g/mol. The Balaban J connectivity index is 1.94. The number of hydrogen-bond donors (Lipinski definition) is 2. The van der Waals surface area contributed by atoms with Crippen LogP contribution in [0.25, 0.3) is 0 Å². The third-order valence-electron chi connectivity index (χ3n) is 3.10. The Kier molecular flexibility index (Phi) is 2.31. The number of fused-ring (bicyclic) bond motifs is 2. The molecule has 1 atom stereocenters. The predicted octanol–water partition coefficient (Wildman–Crippen LogP) is 1.27. The van der Waals surface area contributed by atoms with Crippen LogP contribution in [0.4, 0.5) is 5.69 Å². The number of carboxylic acids is 1. The zero-order valence-corrected chi connectivity index (χ0v) is 9.23. The van der Waals surface area contributed by atoms with E-state index in [0.29, 0.717) is 25.4 Å². The first kappa shape index (κ1) is 10.3.